The van der Waals surface area contributed by atoms with E-state index in [0.717, 1.165) is 23.7 Å². The summed E-state index contributed by atoms with van der Waals surface area (Å²) in [6.07, 6.45) is 7.58. The van der Waals surface area contributed by atoms with E-state index in [1.807, 2.05) is 53.1 Å². The topological polar surface area (TPSA) is 38.4 Å². The first kappa shape index (κ1) is 14.5. The van der Waals surface area contributed by atoms with Gasteiger partial charge in [-0.2, -0.15) is 5.10 Å². The molecular formula is C19H19N5. The van der Waals surface area contributed by atoms with Gasteiger partial charge in [0.15, 0.2) is 0 Å². The molecule has 0 aliphatic carbocycles. The fourth-order valence-corrected chi connectivity index (χ4v) is 3.04. The zero-order chi connectivity index (χ0) is 16.5. The van der Waals surface area contributed by atoms with Crippen LogP contribution < -0.4 is 4.90 Å². The van der Waals surface area contributed by atoms with Crippen LogP contribution in [0.4, 0.5) is 11.6 Å². The number of imidazole rings is 1. The van der Waals surface area contributed by atoms with Gasteiger partial charge in [-0.1, -0.05) is 29.8 Å². The third-order valence-electron chi connectivity index (χ3n) is 4.17. The van der Waals surface area contributed by atoms with Gasteiger partial charge in [0.05, 0.1) is 17.7 Å². The Kier molecular flexibility index (Phi) is 3.54. The van der Waals surface area contributed by atoms with E-state index in [9.17, 15) is 0 Å². The van der Waals surface area contributed by atoms with Crippen LogP contribution in [0, 0.1) is 6.92 Å². The van der Waals surface area contributed by atoms with Gasteiger partial charge >= 0.3 is 0 Å². The highest BCUT2D eigenvalue weighted by atomic mass is 15.3. The maximum Gasteiger partial charge on any atom is 0.210 e. The van der Waals surface area contributed by atoms with Crippen molar-refractivity contribution in [2.24, 2.45) is 7.05 Å². The first-order valence-corrected chi connectivity index (χ1v) is 7.95. The summed E-state index contributed by atoms with van der Waals surface area (Å²) in [6.45, 7) is 2.86. The van der Waals surface area contributed by atoms with Gasteiger partial charge in [-0.25, -0.2) is 9.50 Å². The molecule has 5 nitrogen and oxygen atoms in total. The maximum atomic E-state index is 4.56. The molecule has 0 radical (unpaired) electrons. The quantitative estimate of drug-likeness (QED) is 0.576. The van der Waals surface area contributed by atoms with Crippen LogP contribution in [0.3, 0.4) is 0 Å². The molecular weight excluding hydrogens is 298 g/mol. The van der Waals surface area contributed by atoms with E-state index in [1.165, 1.54) is 11.1 Å². The summed E-state index contributed by atoms with van der Waals surface area (Å²) >= 11 is 0. The van der Waals surface area contributed by atoms with Crippen molar-refractivity contribution in [3.63, 3.8) is 0 Å². The Hall–Kier alpha value is -3.08. The molecule has 0 amide bonds. The summed E-state index contributed by atoms with van der Waals surface area (Å²) in [6, 6.07) is 14.7. The fraction of sp³-hybridized carbons (Fsp3) is 0.158. The standard InChI is InChI=1S/C19H19N5/c1-15-5-3-6-16(13-15)14-23(19-20-10-12-22(19)2)17-8-9-21-24-11-4-7-18(17)24/h3-13H,14H2,1-2H3. The molecule has 1 aromatic carbocycles. The maximum absolute atomic E-state index is 4.56. The molecule has 0 aliphatic heterocycles. The van der Waals surface area contributed by atoms with Crippen molar-refractivity contribution in [1.82, 2.24) is 19.2 Å². The van der Waals surface area contributed by atoms with Crippen LogP contribution in [0.1, 0.15) is 11.1 Å². The van der Waals surface area contributed by atoms with Crippen LogP contribution in [-0.4, -0.2) is 19.2 Å². The average Bonchev–Trinajstić information content (AvgIpc) is 3.21. The Balaban J connectivity index is 1.85. The van der Waals surface area contributed by atoms with E-state index in [0.29, 0.717) is 0 Å². The minimum absolute atomic E-state index is 0.747. The lowest BCUT2D eigenvalue weighted by atomic mass is 10.1. The van der Waals surface area contributed by atoms with Crippen LogP contribution in [0.5, 0.6) is 0 Å². The molecule has 4 aromatic rings. The largest absolute Gasteiger partial charge is 0.320 e. The summed E-state index contributed by atoms with van der Waals surface area (Å²) in [4.78, 5) is 6.79. The minimum Gasteiger partial charge on any atom is -0.320 e. The molecule has 0 saturated carbocycles. The molecule has 0 unspecified atom stereocenters. The summed E-state index contributed by atoms with van der Waals surface area (Å²) in [5.74, 6) is 0.908. The van der Waals surface area contributed by atoms with Crippen LogP contribution >= 0.6 is 0 Å². The number of rotatable bonds is 4. The third kappa shape index (κ3) is 2.54. The van der Waals surface area contributed by atoms with Gasteiger partial charge in [0.1, 0.15) is 0 Å². The molecule has 0 saturated heterocycles. The monoisotopic (exact) mass is 317 g/mol. The molecule has 4 rings (SSSR count). The van der Waals surface area contributed by atoms with Crippen molar-refractivity contribution in [1.29, 1.82) is 0 Å². The molecule has 0 aliphatic rings. The van der Waals surface area contributed by atoms with E-state index in [-0.39, 0.29) is 0 Å². The van der Waals surface area contributed by atoms with E-state index in [2.05, 4.69) is 52.2 Å². The van der Waals surface area contributed by atoms with E-state index in [1.54, 1.807) is 0 Å². The molecule has 3 heterocycles. The lowest BCUT2D eigenvalue weighted by Gasteiger charge is -2.24. The van der Waals surface area contributed by atoms with Gasteiger partial charge in [-0.15, -0.1) is 0 Å². The number of fused-ring (bicyclic) bond motifs is 1. The van der Waals surface area contributed by atoms with Gasteiger partial charge in [0.25, 0.3) is 0 Å². The number of aryl methyl sites for hydroxylation is 2. The van der Waals surface area contributed by atoms with Gasteiger partial charge in [-0.05, 0) is 30.7 Å². The van der Waals surface area contributed by atoms with Crippen molar-refractivity contribution >= 4 is 17.2 Å². The van der Waals surface area contributed by atoms with Crippen molar-refractivity contribution in [2.75, 3.05) is 4.90 Å². The first-order chi connectivity index (χ1) is 11.7. The highest BCUT2D eigenvalue weighted by molar-refractivity contribution is 5.76. The van der Waals surface area contributed by atoms with Crippen molar-refractivity contribution in [2.45, 2.75) is 13.5 Å². The van der Waals surface area contributed by atoms with Crippen LogP contribution in [0.25, 0.3) is 5.52 Å². The van der Waals surface area contributed by atoms with Gasteiger partial charge in [0.2, 0.25) is 5.95 Å². The van der Waals surface area contributed by atoms with Crippen LogP contribution in [0.15, 0.2) is 67.3 Å². The highest BCUT2D eigenvalue weighted by Gasteiger charge is 2.17. The molecule has 24 heavy (non-hydrogen) atoms. The van der Waals surface area contributed by atoms with Crippen LogP contribution in [0.2, 0.25) is 0 Å². The average molecular weight is 317 g/mol. The Labute approximate surface area is 140 Å². The second kappa shape index (κ2) is 5.85. The SMILES string of the molecule is Cc1cccc(CN(c2ccnn3cccc23)c2nccn2C)c1. The Morgan fingerprint density at radius 2 is 1.96 bits per heavy atom. The summed E-state index contributed by atoms with van der Waals surface area (Å²) in [5, 5.41) is 4.37. The molecule has 0 N–H and O–H groups in total. The summed E-state index contributed by atoms with van der Waals surface area (Å²) in [5.41, 5.74) is 4.66. The molecule has 5 heteroatoms. The predicted octanol–water partition coefficient (Wildman–Crippen LogP) is 3.71. The van der Waals surface area contributed by atoms with Crippen LogP contribution in [-0.2, 0) is 13.6 Å². The van der Waals surface area contributed by atoms with Gasteiger partial charge in [0, 0.05) is 31.8 Å². The molecule has 0 bridgehead atoms. The zero-order valence-corrected chi connectivity index (χ0v) is 13.8. The lowest BCUT2D eigenvalue weighted by Crippen LogP contribution is -2.21. The first-order valence-electron chi connectivity index (χ1n) is 7.95. The summed E-state index contributed by atoms with van der Waals surface area (Å²) in [7, 11) is 2.02. The lowest BCUT2D eigenvalue weighted by molar-refractivity contribution is 0.828. The smallest absolute Gasteiger partial charge is 0.210 e. The van der Waals surface area contributed by atoms with Gasteiger partial charge < -0.3 is 9.47 Å². The molecule has 120 valence electrons. The Bertz CT molecular complexity index is 982. The number of aromatic nitrogens is 4. The number of hydrogen-bond acceptors (Lipinski definition) is 3. The highest BCUT2D eigenvalue weighted by Crippen LogP contribution is 2.29. The molecule has 0 fully saturated rings. The van der Waals surface area contributed by atoms with Crippen molar-refractivity contribution in [3.05, 3.63) is 78.4 Å². The third-order valence-corrected chi connectivity index (χ3v) is 4.17. The zero-order valence-electron chi connectivity index (χ0n) is 13.8. The van der Waals surface area contributed by atoms with E-state index in [4.69, 9.17) is 0 Å². The molecule has 0 atom stereocenters. The predicted molar refractivity (Wildman–Crippen MR) is 95.4 cm³/mol. The number of anilines is 2. The summed E-state index contributed by atoms with van der Waals surface area (Å²) < 4.78 is 3.93. The van der Waals surface area contributed by atoms with E-state index >= 15 is 0 Å². The second-order valence-corrected chi connectivity index (χ2v) is 5.97. The Morgan fingerprint density at radius 3 is 2.75 bits per heavy atom. The minimum atomic E-state index is 0.747. The second-order valence-electron chi connectivity index (χ2n) is 5.97. The normalized spacial score (nSPS) is 11.1. The van der Waals surface area contributed by atoms with Crippen molar-refractivity contribution in [3.8, 4) is 0 Å². The van der Waals surface area contributed by atoms with E-state index < -0.39 is 0 Å². The van der Waals surface area contributed by atoms with Gasteiger partial charge in [-0.3, -0.25) is 0 Å². The molecule has 3 aromatic heterocycles. The number of benzene rings is 1. The van der Waals surface area contributed by atoms with Crippen molar-refractivity contribution < 1.29 is 0 Å². The number of nitrogens with zero attached hydrogens (tertiary/aromatic N) is 5. The number of hydrogen-bond donors (Lipinski definition) is 0. The molecule has 0 spiro atoms. The Morgan fingerprint density at radius 1 is 1.04 bits per heavy atom. The fourth-order valence-electron chi connectivity index (χ4n) is 3.04.